The molecule has 1 saturated heterocycles. The third-order valence-electron chi connectivity index (χ3n) is 7.38. The van der Waals surface area contributed by atoms with Crippen LogP contribution in [0.1, 0.15) is 75.2 Å². The van der Waals surface area contributed by atoms with Crippen molar-refractivity contribution in [2.24, 2.45) is 5.92 Å². The van der Waals surface area contributed by atoms with Crippen LogP contribution in [0.4, 0.5) is 11.4 Å². The second-order valence-electron chi connectivity index (χ2n) is 10.9. The van der Waals surface area contributed by atoms with Crippen molar-refractivity contribution in [3.63, 3.8) is 0 Å². The van der Waals surface area contributed by atoms with Crippen LogP contribution in [0, 0.1) is 5.92 Å². The Balaban J connectivity index is 1.25. The van der Waals surface area contributed by atoms with Crippen molar-refractivity contribution >= 4 is 23.2 Å². The Morgan fingerprint density at radius 3 is 2.09 bits per heavy atom. The predicted molar refractivity (Wildman–Crippen MR) is 140 cm³/mol. The zero-order valence-electron chi connectivity index (χ0n) is 21.0. The summed E-state index contributed by atoms with van der Waals surface area (Å²) in [5.41, 5.74) is 3.86. The van der Waals surface area contributed by atoms with Crippen LogP contribution < -0.4 is 10.2 Å². The summed E-state index contributed by atoms with van der Waals surface area (Å²) in [7, 11) is 0. The Morgan fingerprint density at radius 1 is 0.882 bits per heavy atom. The number of nitrogens with zero attached hydrogens (tertiary/aromatic N) is 2. The number of rotatable bonds is 6. The molecule has 1 aliphatic heterocycles. The van der Waals surface area contributed by atoms with Gasteiger partial charge in [-0.05, 0) is 59.7 Å². The lowest BCUT2D eigenvalue weighted by Gasteiger charge is -2.36. The number of benzene rings is 2. The molecule has 5 heteroatoms. The number of anilines is 2. The van der Waals surface area contributed by atoms with E-state index in [1.807, 2.05) is 41.3 Å². The van der Waals surface area contributed by atoms with Gasteiger partial charge < -0.3 is 15.1 Å². The zero-order chi connectivity index (χ0) is 24.1. The lowest BCUT2D eigenvalue weighted by atomic mass is 9.87. The first-order valence-corrected chi connectivity index (χ1v) is 12.8. The van der Waals surface area contributed by atoms with Crippen LogP contribution in [0.2, 0.25) is 0 Å². The van der Waals surface area contributed by atoms with E-state index in [4.69, 9.17) is 0 Å². The third-order valence-corrected chi connectivity index (χ3v) is 7.38. The van der Waals surface area contributed by atoms with Gasteiger partial charge in [-0.15, -0.1) is 0 Å². The van der Waals surface area contributed by atoms with Gasteiger partial charge in [0.2, 0.25) is 5.91 Å². The fraction of sp³-hybridized carbons (Fsp3) is 0.517. The van der Waals surface area contributed by atoms with Crippen molar-refractivity contribution in [2.75, 3.05) is 36.4 Å². The number of hydrogen-bond donors (Lipinski definition) is 1. The van der Waals surface area contributed by atoms with Crippen molar-refractivity contribution < 1.29 is 9.59 Å². The van der Waals surface area contributed by atoms with Gasteiger partial charge >= 0.3 is 0 Å². The first kappa shape index (κ1) is 24.3. The van der Waals surface area contributed by atoms with Gasteiger partial charge in [-0.25, -0.2) is 0 Å². The van der Waals surface area contributed by atoms with Gasteiger partial charge in [-0.2, -0.15) is 0 Å². The van der Waals surface area contributed by atoms with E-state index in [0.717, 1.165) is 49.9 Å². The van der Waals surface area contributed by atoms with E-state index in [9.17, 15) is 9.59 Å². The highest BCUT2D eigenvalue weighted by molar-refractivity contribution is 6.04. The summed E-state index contributed by atoms with van der Waals surface area (Å²) in [4.78, 5) is 29.6. The molecule has 2 aliphatic rings. The molecule has 2 aromatic carbocycles. The highest BCUT2D eigenvalue weighted by Crippen LogP contribution is 2.29. The van der Waals surface area contributed by atoms with Crippen LogP contribution in [0.3, 0.4) is 0 Å². The average molecular weight is 462 g/mol. The molecule has 1 saturated carbocycles. The number of carbonyl (C=O) groups is 2. The summed E-state index contributed by atoms with van der Waals surface area (Å²) in [6.45, 7) is 9.76. The Labute approximate surface area is 204 Å². The first-order chi connectivity index (χ1) is 16.3. The maximum absolute atomic E-state index is 12.6. The number of amides is 2. The van der Waals surface area contributed by atoms with Crippen LogP contribution in [0.25, 0.3) is 0 Å². The second-order valence-corrected chi connectivity index (χ2v) is 10.9. The molecule has 2 aromatic rings. The van der Waals surface area contributed by atoms with E-state index in [0.29, 0.717) is 17.9 Å². The molecule has 1 aliphatic carbocycles. The fourth-order valence-corrected chi connectivity index (χ4v) is 5.08. The maximum atomic E-state index is 12.6. The Hall–Kier alpha value is -2.82. The topological polar surface area (TPSA) is 52.7 Å². The first-order valence-electron chi connectivity index (χ1n) is 12.8. The minimum absolute atomic E-state index is 0.0685. The van der Waals surface area contributed by atoms with Gasteiger partial charge in [-0.3, -0.25) is 9.59 Å². The van der Waals surface area contributed by atoms with Gasteiger partial charge in [0.05, 0.1) is 0 Å². The van der Waals surface area contributed by atoms with Crippen LogP contribution in [0.15, 0.2) is 48.5 Å². The SMILES string of the molecule is CC(C)(C)c1ccc(C(=O)Nc2ccc(N3CCN(C(=O)CCC4CCCC4)CC3)cc2)cc1. The van der Waals surface area contributed by atoms with Gasteiger partial charge in [0.15, 0.2) is 0 Å². The zero-order valence-corrected chi connectivity index (χ0v) is 21.0. The summed E-state index contributed by atoms with van der Waals surface area (Å²) in [6.07, 6.45) is 7.06. The molecule has 0 atom stereocenters. The summed E-state index contributed by atoms with van der Waals surface area (Å²) >= 11 is 0. The predicted octanol–water partition coefficient (Wildman–Crippen LogP) is 5.86. The number of piperazine rings is 1. The average Bonchev–Trinajstić information content (AvgIpc) is 3.36. The van der Waals surface area contributed by atoms with Crippen molar-refractivity contribution in [2.45, 2.75) is 64.7 Å². The molecule has 182 valence electrons. The lowest BCUT2D eigenvalue weighted by molar-refractivity contribution is -0.131. The normalized spacial score (nSPS) is 17.1. The van der Waals surface area contributed by atoms with E-state index >= 15 is 0 Å². The van der Waals surface area contributed by atoms with Crippen LogP contribution in [-0.2, 0) is 10.2 Å². The lowest BCUT2D eigenvalue weighted by Crippen LogP contribution is -2.48. The number of hydrogen-bond acceptors (Lipinski definition) is 3. The minimum Gasteiger partial charge on any atom is -0.368 e. The van der Waals surface area contributed by atoms with Gasteiger partial charge in [0.25, 0.3) is 5.91 Å². The molecule has 1 N–H and O–H groups in total. The highest BCUT2D eigenvalue weighted by atomic mass is 16.2. The Morgan fingerprint density at radius 2 is 1.50 bits per heavy atom. The molecule has 2 fully saturated rings. The monoisotopic (exact) mass is 461 g/mol. The summed E-state index contributed by atoms with van der Waals surface area (Å²) in [6, 6.07) is 15.8. The molecule has 0 spiro atoms. The van der Waals surface area contributed by atoms with Crippen molar-refractivity contribution in [3.05, 3.63) is 59.7 Å². The van der Waals surface area contributed by atoms with Crippen LogP contribution >= 0.6 is 0 Å². The van der Waals surface area contributed by atoms with Crippen LogP contribution in [-0.4, -0.2) is 42.9 Å². The maximum Gasteiger partial charge on any atom is 0.255 e. The van der Waals surface area contributed by atoms with Crippen molar-refractivity contribution in [3.8, 4) is 0 Å². The molecule has 4 rings (SSSR count). The third kappa shape index (κ3) is 6.19. The van der Waals surface area contributed by atoms with Gasteiger partial charge in [0.1, 0.15) is 0 Å². The summed E-state index contributed by atoms with van der Waals surface area (Å²) in [5, 5.41) is 3.00. The molecular formula is C29H39N3O2. The Kier molecular flexibility index (Phi) is 7.60. The molecule has 0 bridgehead atoms. The second kappa shape index (κ2) is 10.6. The molecule has 0 unspecified atom stereocenters. The largest absolute Gasteiger partial charge is 0.368 e. The number of nitrogens with one attached hydrogen (secondary N) is 1. The minimum atomic E-state index is -0.0991. The van der Waals surface area contributed by atoms with Crippen molar-refractivity contribution in [1.82, 2.24) is 4.90 Å². The molecule has 0 radical (unpaired) electrons. The van der Waals surface area contributed by atoms with E-state index < -0.39 is 0 Å². The molecule has 1 heterocycles. The highest BCUT2D eigenvalue weighted by Gasteiger charge is 2.23. The molecule has 2 amide bonds. The quantitative estimate of drug-likeness (QED) is 0.587. The smallest absolute Gasteiger partial charge is 0.255 e. The molecular weight excluding hydrogens is 422 g/mol. The summed E-state index contributed by atoms with van der Waals surface area (Å²) in [5.74, 6) is 0.991. The van der Waals surface area contributed by atoms with E-state index in [-0.39, 0.29) is 11.3 Å². The van der Waals surface area contributed by atoms with E-state index in [1.54, 1.807) is 0 Å². The van der Waals surface area contributed by atoms with E-state index in [2.05, 4.69) is 43.1 Å². The van der Waals surface area contributed by atoms with Crippen molar-refractivity contribution in [1.29, 1.82) is 0 Å². The standard InChI is InChI=1S/C29H39N3O2/c1-29(2,3)24-11-9-23(10-12-24)28(34)30-25-13-15-26(16-14-25)31-18-20-32(21-19-31)27(33)17-8-22-6-4-5-7-22/h9-16,22H,4-8,17-21H2,1-3H3,(H,30,34). The molecule has 34 heavy (non-hydrogen) atoms. The Bertz CT molecular complexity index is 962. The summed E-state index contributed by atoms with van der Waals surface area (Å²) < 4.78 is 0. The molecule has 0 aromatic heterocycles. The fourth-order valence-electron chi connectivity index (χ4n) is 5.08. The van der Waals surface area contributed by atoms with E-state index in [1.165, 1.54) is 31.2 Å². The number of carbonyl (C=O) groups excluding carboxylic acids is 2. The van der Waals surface area contributed by atoms with Gasteiger partial charge in [0, 0.05) is 49.5 Å². The van der Waals surface area contributed by atoms with Crippen LogP contribution in [0.5, 0.6) is 0 Å². The van der Waals surface area contributed by atoms with Gasteiger partial charge in [-0.1, -0.05) is 58.6 Å². The molecule has 5 nitrogen and oxygen atoms in total.